The van der Waals surface area contributed by atoms with Gasteiger partial charge in [-0.2, -0.15) is 0 Å². The molecule has 1 heterocycles. The van der Waals surface area contributed by atoms with Crippen LogP contribution in [0.1, 0.15) is 12.5 Å². The molecule has 0 saturated carbocycles. The van der Waals surface area contributed by atoms with Gasteiger partial charge in [0.05, 0.1) is 17.7 Å². The summed E-state index contributed by atoms with van der Waals surface area (Å²) in [4.78, 5) is 0. The van der Waals surface area contributed by atoms with Crippen molar-refractivity contribution < 1.29 is 12.8 Å². The van der Waals surface area contributed by atoms with Crippen molar-refractivity contribution in [2.45, 2.75) is 12.7 Å². The van der Waals surface area contributed by atoms with Crippen molar-refractivity contribution in [3.05, 3.63) is 30.0 Å². The van der Waals surface area contributed by atoms with Gasteiger partial charge in [-0.1, -0.05) is 19.1 Å². The number of nitrogen functional groups attached to an aromatic ring is 1. The van der Waals surface area contributed by atoms with Crippen LogP contribution < -0.4 is 5.73 Å². The van der Waals surface area contributed by atoms with Crippen molar-refractivity contribution in [1.82, 2.24) is 0 Å². The summed E-state index contributed by atoms with van der Waals surface area (Å²) in [7, 11) is -3.05. The molecule has 0 atom stereocenters. The summed E-state index contributed by atoms with van der Waals surface area (Å²) in [6.45, 7) is 1.63. The van der Waals surface area contributed by atoms with Crippen LogP contribution in [0.3, 0.4) is 0 Å². The van der Waals surface area contributed by atoms with Crippen LogP contribution in [0.2, 0.25) is 0 Å². The van der Waals surface area contributed by atoms with Crippen molar-refractivity contribution in [1.29, 1.82) is 0 Å². The molecule has 0 spiro atoms. The molecule has 4 nitrogen and oxygen atoms in total. The van der Waals surface area contributed by atoms with E-state index < -0.39 is 9.84 Å². The van der Waals surface area contributed by atoms with Crippen molar-refractivity contribution in [2.24, 2.45) is 0 Å². The average Bonchev–Trinajstić information content (AvgIpc) is 2.63. The van der Waals surface area contributed by atoms with Crippen LogP contribution in [-0.4, -0.2) is 14.2 Å². The molecule has 2 N–H and O–H groups in total. The Morgan fingerprint density at radius 1 is 1.38 bits per heavy atom. The van der Waals surface area contributed by atoms with E-state index >= 15 is 0 Å². The van der Waals surface area contributed by atoms with E-state index in [9.17, 15) is 8.42 Å². The van der Waals surface area contributed by atoms with E-state index in [4.69, 9.17) is 10.2 Å². The zero-order valence-electron chi connectivity index (χ0n) is 8.93. The summed E-state index contributed by atoms with van der Waals surface area (Å²) >= 11 is 0. The third-order valence-electron chi connectivity index (χ3n) is 2.53. The first-order chi connectivity index (χ1) is 7.53. The molecule has 0 aliphatic carbocycles. The number of sulfone groups is 1. The largest absolute Gasteiger partial charge is 0.462 e. The van der Waals surface area contributed by atoms with Gasteiger partial charge in [0.25, 0.3) is 0 Å². The summed E-state index contributed by atoms with van der Waals surface area (Å²) in [6.07, 6.45) is 1.47. The maximum absolute atomic E-state index is 11.5. The molecule has 16 heavy (non-hydrogen) atoms. The van der Waals surface area contributed by atoms with E-state index in [2.05, 4.69) is 0 Å². The van der Waals surface area contributed by atoms with E-state index in [1.807, 2.05) is 6.07 Å². The predicted molar refractivity (Wildman–Crippen MR) is 63.8 cm³/mol. The van der Waals surface area contributed by atoms with Crippen LogP contribution in [-0.2, 0) is 15.6 Å². The predicted octanol–water partition coefficient (Wildman–Crippen LogP) is 1.95. The molecule has 0 amide bonds. The van der Waals surface area contributed by atoms with E-state index in [0.29, 0.717) is 16.8 Å². The van der Waals surface area contributed by atoms with E-state index in [1.54, 1.807) is 19.1 Å². The SMILES string of the molecule is CCS(=O)(=O)Cc1coc2c(N)cccc12. The Bertz CT molecular complexity index is 613. The van der Waals surface area contributed by atoms with Gasteiger partial charge in [0.2, 0.25) is 0 Å². The standard InChI is InChI=1S/C11H13NO3S/c1-2-16(13,14)7-8-6-15-11-9(8)4-3-5-10(11)12/h3-6H,2,7,12H2,1H3. The van der Waals surface area contributed by atoms with Crippen LogP contribution in [0.5, 0.6) is 0 Å². The maximum Gasteiger partial charge on any atom is 0.157 e. The second-order valence-electron chi connectivity index (χ2n) is 3.66. The minimum atomic E-state index is -3.05. The summed E-state index contributed by atoms with van der Waals surface area (Å²) in [5.41, 5.74) is 7.48. The summed E-state index contributed by atoms with van der Waals surface area (Å²) in [6, 6.07) is 5.33. The molecular formula is C11H13NO3S. The molecule has 0 aliphatic heterocycles. The smallest absolute Gasteiger partial charge is 0.157 e. The Labute approximate surface area is 94.0 Å². The molecule has 0 aliphatic rings. The molecule has 5 heteroatoms. The molecular weight excluding hydrogens is 226 g/mol. The van der Waals surface area contributed by atoms with Crippen molar-refractivity contribution >= 4 is 26.5 Å². The van der Waals surface area contributed by atoms with Crippen molar-refractivity contribution in [3.63, 3.8) is 0 Å². The van der Waals surface area contributed by atoms with Crippen LogP contribution in [0.25, 0.3) is 11.0 Å². The second-order valence-corrected chi connectivity index (χ2v) is 6.01. The van der Waals surface area contributed by atoms with E-state index in [-0.39, 0.29) is 11.5 Å². The number of benzene rings is 1. The number of rotatable bonds is 3. The number of para-hydroxylation sites is 1. The molecule has 2 rings (SSSR count). The van der Waals surface area contributed by atoms with Crippen LogP contribution >= 0.6 is 0 Å². The lowest BCUT2D eigenvalue weighted by molar-refractivity contribution is 0.593. The molecule has 0 bridgehead atoms. The third-order valence-corrected chi connectivity index (χ3v) is 4.16. The van der Waals surface area contributed by atoms with Gasteiger partial charge < -0.3 is 10.2 Å². The zero-order chi connectivity index (χ0) is 11.8. The van der Waals surface area contributed by atoms with E-state index in [0.717, 1.165) is 5.39 Å². The number of hydrogen-bond donors (Lipinski definition) is 1. The highest BCUT2D eigenvalue weighted by molar-refractivity contribution is 7.90. The molecule has 1 aromatic heterocycles. The van der Waals surface area contributed by atoms with Crippen LogP contribution in [0, 0.1) is 0 Å². The minimum Gasteiger partial charge on any atom is -0.462 e. The lowest BCUT2D eigenvalue weighted by atomic mass is 10.2. The molecule has 0 saturated heterocycles. The van der Waals surface area contributed by atoms with Gasteiger partial charge in [0.15, 0.2) is 15.4 Å². The summed E-state index contributed by atoms with van der Waals surface area (Å²) in [5.74, 6) is 0.127. The Kier molecular flexibility index (Phi) is 2.63. The van der Waals surface area contributed by atoms with Crippen molar-refractivity contribution in [2.75, 3.05) is 11.5 Å². The molecule has 0 unspecified atom stereocenters. The maximum atomic E-state index is 11.5. The first-order valence-corrected chi connectivity index (χ1v) is 6.80. The number of furan rings is 1. The van der Waals surface area contributed by atoms with Crippen LogP contribution in [0.4, 0.5) is 5.69 Å². The Morgan fingerprint density at radius 2 is 2.12 bits per heavy atom. The lowest BCUT2D eigenvalue weighted by Crippen LogP contribution is -2.05. The number of fused-ring (bicyclic) bond motifs is 1. The van der Waals surface area contributed by atoms with Crippen molar-refractivity contribution in [3.8, 4) is 0 Å². The minimum absolute atomic E-state index is 0.0000463. The Morgan fingerprint density at radius 3 is 2.81 bits per heavy atom. The highest BCUT2D eigenvalue weighted by atomic mass is 32.2. The molecule has 2 aromatic rings. The molecule has 0 fully saturated rings. The number of anilines is 1. The van der Waals surface area contributed by atoms with Gasteiger partial charge in [-0.15, -0.1) is 0 Å². The quantitative estimate of drug-likeness (QED) is 0.831. The highest BCUT2D eigenvalue weighted by Gasteiger charge is 2.14. The van der Waals surface area contributed by atoms with Gasteiger partial charge in [-0.25, -0.2) is 8.42 Å². The van der Waals surface area contributed by atoms with Gasteiger partial charge >= 0.3 is 0 Å². The lowest BCUT2D eigenvalue weighted by Gasteiger charge is -1.99. The highest BCUT2D eigenvalue weighted by Crippen LogP contribution is 2.27. The average molecular weight is 239 g/mol. The topological polar surface area (TPSA) is 73.3 Å². The van der Waals surface area contributed by atoms with Gasteiger partial charge in [0, 0.05) is 16.7 Å². The normalized spacial score (nSPS) is 12.1. The summed E-state index contributed by atoms with van der Waals surface area (Å²) in [5, 5.41) is 0.775. The number of nitrogens with two attached hydrogens (primary N) is 1. The fourth-order valence-electron chi connectivity index (χ4n) is 1.58. The first-order valence-electron chi connectivity index (χ1n) is 4.98. The van der Waals surface area contributed by atoms with Gasteiger partial charge in [-0.3, -0.25) is 0 Å². The second kappa shape index (κ2) is 3.83. The third kappa shape index (κ3) is 1.90. The zero-order valence-corrected chi connectivity index (χ0v) is 9.75. The first kappa shape index (κ1) is 11.0. The molecule has 1 aromatic carbocycles. The van der Waals surface area contributed by atoms with Gasteiger partial charge in [-0.05, 0) is 6.07 Å². The summed E-state index contributed by atoms with van der Waals surface area (Å²) < 4.78 is 28.3. The Hall–Kier alpha value is -1.49. The van der Waals surface area contributed by atoms with E-state index in [1.165, 1.54) is 6.26 Å². The molecule has 0 radical (unpaired) electrons. The Balaban J connectivity index is 2.51. The molecule has 86 valence electrons. The number of hydrogen-bond acceptors (Lipinski definition) is 4. The fraction of sp³-hybridized carbons (Fsp3) is 0.273. The monoisotopic (exact) mass is 239 g/mol. The fourth-order valence-corrected chi connectivity index (χ4v) is 2.49. The van der Waals surface area contributed by atoms with Gasteiger partial charge in [0.1, 0.15) is 0 Å². The van der Waals surface area contributed by atoms with Crippen LogP contribution in [0.15, 0.2) is 28.9 Å².